The lowest BCUT2D eigenvalue weighted by atomic mass is 9.42. The number of carbonyl (C=O) groups excluding carboxylic acids is 2. The van der Waals surface area contributed by atoms with Gasteiger partial charge in [-0.05, 0) is 88.5 Å². The highest BCUT2D eigenvalue weighted by atomic mass is 16.7. The molecule has 2 aromatic rings. The Balaban J connectivity index is 1.21. The van der Waals surface area contributed by atoms with E-state index in [4.69, 9.17) is 23.7 Å². The van der Waals surface area contributed by atoms with E-state index in [2.05, 4.69) is 6.92 Å². The quantitative estimate of drug-likeness (QED) is 0.216. The van der Waals surface area contributed by atoms with Gasteiger partial charge in [-0.2, -0.15) is 0 Å². The summed E-state index contributed by atoms with van der Waals surface area (Å²) in [6.45, 7) is 7.17. The minimum atomic E-state index is -1.94. The van der Waals surface area contributed by atoms with Gasteiger partial charge in [0.15, 0.2) is 6.29 Å². The summed E-state index contributed by atoms with van der Waals surface area (Å²) in [5.74, 6) is -1.79. The van der Waals surface area contributed by atoms with Crippen LogP contribution in [0, 0.1) is 16.7 Å². The van der Waals surface area contributed by atoms with Gasteiger partial charge < -0.3 is 44.1 Å². The normalized spacial score (nSPS) is 42.7. The van der Waals surface area contributed by atoms with Gasteiger partial charge in [0.25, 0.3) is 0 Å². The molecule has 7 rings (SSSR count). The summed E-state index contributed by atoms with van der Waals surface area (Å²) < 4.78 is 30.3. The summed E-state index contributed by atoms with van der Waals surface area (Å²) in [7, 11) is 1.57. The Morgan fingerprint density at radius 2 is 1.55 bits per heavy atom. The van der Waals surface area contributed by atoms with Gasteiger partial charge in [0.1, 0.15) is 35.1 Å². The number of rotatable bonds is 8. The van der Waals surface area contributed by atoms with E-state index in [0.29, 0.717) is 36.8 Å². The first-order chi connectivity index (χ1) is 25.1. The van der Waals surface area contributed by atoms with Gasteiger partial charge in [0, 0.05) is 19.4 Å². The number of fused-ring (bicyclic) bond motifs is 5. The summed E-state index contributed by atoms with van der Waals surface area (Å²) in [6, 6.07) is 17.1. The van der Waals surface area contributed by atoms with Crippen molar-refractivity contribution in [3.63, 3.8) is 0 Å². The Labute approximate surface area is 311 Å². The first kappa shape index (κ1) is 38.1. The Kier molecular flexibility index (Phi) is 9.96. The molecule has 5 aliphatic rings. The van der Waals surface area contributed by atoms with E-state index in [1.807, 2.05) is 6.08 Å². The number of aliphatic hydroxyl groups is 4. The Hall–Kier alpha value is -3.16. The van der Waals surface area contributed by atoms with Crippen LogP contribution >= 0.6 is 0 Å². The summed E-state index contributed by atoms with van der Waals surface area (Å²) in [5, 5.41) is 49.4. The standard InChI is InChI=1S/C42H54O11/c1-25-35(43)31(49-5)23-34(50-25)52-30-17-18-38(3)29(22-30)16-19-41(47)32(38)24-33(53-37(45)28-14-10-7-11-15-28)39(4)40(46,20-21-42(39,41)48)26(2)51-36(44)27-12-8-6-9-13-27/h6-16,25-26,30-35,43,46-48H,17-24H2,1-5H3/t25-,26+,30+,31-,32-,33-,34+,35-,38+,39-,40-,41+,42-/m1/s1. The molecule has 0 radical (unpaired) electrons. The summed E-state index contributed by atoms with van der Waals surface area (Å²) in [5.41, 5.74) is -6.04. The average Bonchev–Trinajstić information content (AvgIpc) is 3.38. The molecule has 0 spiro atoms. The highest BCUT2D eigenvalue weighted by Gasteiger charge is 2.81. The number of aliphatic hydroxyl groups excluding tert-OH is 1. The zero-order chi connectivity index (χ0) is 38.0. The third-order valence-electron chi connectivity index (χ3n) is 14.1. The molecule has 4 N–H and O–H groups in total. The third kappa shape index (κ3) is 5.89. The second-order valence-electron chi connectivity index (χ2n) is 16.5. The van der Waals surface area contributed by atoms with E-state index in [1.54, 1.807) is 88.5 Å². The van der Waals surface area contributed by atoms with Crippen LogP contribution in [0.25, 0.3) is 0 Å². The highest BCUT2D eigenvalue weighted by molar-refractivity contribution is 5.90. The lowest BCUT2D eigenvalue weighted by molar-refractivity contribution is -0.325. The maximum absolute atomic E-state index is 13.8. The Morgan fingerprint density at radius 1 is 0.906 bits per heavy atom. The first-order valence-corrected chi connectivity index (χ1v) is 19.0. The summed E-state index contributed by atoms with van der Waals surface area (Å²) in [4.78, 5) is 27.1. The van der Waals surface area contributed by atoms with Crippen molar-refractivity contribution in [1.82, 2.24) is 0 Å². The molecule has 1 heterocycles. The monoisotopic (exact) mass is 734 g/mol. The lowest BCUT2D eigenvalue weighted by Crippen LogP contribution is -2.78. The van der Waals surface area contributed by atoms with Crippen LogP contribution in [0.1, 0.15) is 99.8 Å². The van der Waals surface area contributed by atoms with Crippen LogP contribution in [0.5, 0.6) is 0 Å². The molecule has 1 saturated heterocycles. The Bertz CT molecular complexity index is 1700. The number of carbonyl (C=O) groups is 2. The first-order valence-electron chi connectivity index (χ1n) is 19.0. The van der Waals surface area contributed by atoms with Crippen LogP contribution in [0.4, 0.5) is 0 Å². The van der Waals surface area contributed by atoms with Crippen LogP contribution in [0.15, 0.2) is 72.3 Å². The second kappa shape index (κ2) is 13.8. The van der Waals surface area contributed by atoms with Crippen LogP contribution in [-0.2, 0) is 23.7 Å². The second-order valence-corrected chi connectivity index (χ2v) is 16.5. The van der Waals surface area contributed by atoms with Gasteiger partial charge >= 0.3 is 11.9 Å². The molecule has 288 valence electrons. The fourth-order valence-electron chi connectivity index (χ4n) is 10.8. The van der Waals surface area contributed by atoms with Crippen LogP contribution < -0.4 is 0 Å². The van der Waals surface area contributed by atoms with Gasteiger partial charge in [0.05, 0.1) is 34.9 Å². The third-order valence-corrected chi connectivity index (χ3v) is 14.1. The van der Waals surface area contributed by atoms with Crippen molar-refractivity contribution in [2.24, 2.45) is 16.7 Å². The average molecular weight is 735 g/mol. The topological polar surface area (TPSA) is 161 Å². The van der Waals surface area contributed by atoms with Crippen molar-refractivity contribution < 1.29 is 53.7 Å². The lowest BCUT2D eigenvalue weighted by Gasteiger charge is -2.67. The molecule has 13 atom stereocenters. The van der Waals surface area contributed by atoms with Gasteiger partial charge in [-0.3, -0.25) is 0 Å². The molecule has 2 aromatic carbocycles. The number of hydrogen-bond acceptors (Lipinski definition) is 11. The van der Waals surface area contributed by atoms with Crippen molar-refractivity contribution in [3.05, 3.63) is 83.4 Å². The molecule has 3 saturated carbocycles. The SMILES string of the molecule is CO[C@@H]1C[C@H](O[C@H]2CC[C@@]3(C)C(=CC[C@]4(O)[C@@H]3C[C@@H](OC(=O)c3ccccc3)[C@@]3(C)[C@]4(O)CC[C@@]3(O)[C@H](C)OC(=O)c3ccccc3)C2)O[C@H](C)[C@H]1O. The minimum absolute atomic E-state index is 0.00215. The zero-order valence-corrected chi connectivity index (χ0v) is 31.3. The molecule has 11 nitrogen and oxygen atoms in total. The van der Waals surface area contributed by atoms with E-state index in [1.165, 1.54) is 0 Å². The molecule has 4 aliphatic carbocycles. The van der Waals surface area contributed by atoms with Crippen molar-refractivity contribution in [2.75, 3.05) is 7.11 Å². The predicted molar refractivity (Wildman–Crippen MR) is 193 cm³/mol. The fourth-order valence-corrected chi connectivity index (χ4v) is 10.8. The molecule has 0 aromatic heterocycles. The van der Waals surface area contributed by atoms with Crippen LogP contribution in [-0.4, -0.2) is 99.2 Å². The molecule has 11 heteroatoms. The highest BCUT2D eigenvalue weighted by Crippen LogP contribution is 2.71. The maximum Gasteiger partial charge on any atom is 0.338 e. The fraction of sp³-hybridized carbons (Fsp3) is 0.619. The summed E-state index contributed by atoms with van der Waals surface area (Å²) in [6.07, 6.45) is 0.0412. The van der Waals surface area contributed by atoms with E-state index < -0.39 is 82.3 Å². The number of esters is 2. The van der Waals surface area contributed by atoms with E-state index >= 15 is 0 Å². The molecule has 53 heavy (non-hydrogen) atoms. The molecule has 0 amide bonds. The largest absolute Gasteiger partial charge is 0.458 e. The number of benzene rings is 2. The maximum atomic E-state index is 13.8. The number of methoxy groups -OCH3 is 1. The van der Waals surface area contributed by atoms with Crippen molar-refractivity contribution >= 4 is 11.9 Å². The van der Waals surface area contributed by atoms with Gasteiger partial charge in [-0.25, -0.2) is 9.59 Å². The van der Waals surface area contributed by atoms with Crippen molar-refractivity contribution in [3.8, 4) is 0 Å². The number of ether oxygens (including phenoxy) is 5. The number of hydrogen-bond donors (Lipinski definition) is 4. The predicted octanol–water partition coefficient (Wildman–Crippen LogP) is 4.89. The summed E-state index contributed by atoms with van der Waals surface area (Å²) >= 11 is 0. The zero-order valence-electron chi connectivity index (χ0n) is 31.3. The Morgan fingerprint density at radius 3 is 2.19 bits per heavy atom. The van der Waals surface area contributed by atoms with E-state index in [0.717, 1.165) is 5.57 Å². The van der Waals surface area contributed by atoms with Crippen LogP contribution in [0.3, 0.4) is 0 Å². The van der Waals surface area contributed by atoms with Crippen molar-refractivity contribution in [1.29, 1.82) is 0 Å². The van der Waals surface area contributed by atoms with Crippen LogP contribution in [0.2, 0.25) is 0 Å². The van der Waals surface area contributed by atoms with Gasteiger partial charge in [0.2, 0.25) is 0 Å². The van der Waals surface area contributed by atoms with Gasteiger partial charge in [-0.15, -0.1) is 0 Å². The van der Waals surface area contributed by atoms with E-state index in [9.17, 15) is 30.0 Å². The van der Waals surface area contributed by atoms with E-state index in [-0.39, 0.29) is 31.8 Å². The van der Waals surface area contributed by atoms with Gasteiger partial charge in [-0.1, -0.05) is 61.9 Å². The molecular weight excluding hydrogens is 680 g/mol. The molecular formula is C42H54O11. The molecule has 1 aliphatic heterocycles. The molecule has 0 unspecified atom stereocenters. The minimum Gasteiger partial charge on any atom is -0.458 e. The molecule has 0 bridgehead atoms. The smallest absolute Gasteiger partial charge is 0.338 e. The molecule has 4 fully saturated rings. The van der Waals surface area contributed by atoms with Crippen molar-refractivity contribution in [2.45, 2.75) is 139 Å².